The summed E-state index contributed by atoms with van der Waals surface area (Å²) in [6.07, 6.45) is -13.2. The van der Waals surface area contributed by atoms with Gasteiger partial charge in [-0.25, -0.2) is 4.39 Å². The lowest BCUT2D eigenvalue weighted by atomic mass is 10.1. The van der Waals surface area contributed by atoms with E-state index in [4.69, 9.17) is 10.2 Å². The van der Waals surface area contributed by atoms with Crippen molar-refractivity contribution >= 4 is 0 Å². The molecule has 2 N–H and O–H groups in total. The zero-order valence-electron chi connectivity index (χ0n) is 9.67. The Morgan fingerprint density at radius 1 is 0.947 bits per heavy atom. The van der Waals surface area contributed by atoms with Gasteiger partial charge in [0.05, 0.1) is 33.0 Å². The molecule has 0 aliphatic rings. The van der Waals surface area contributed by atoms with Crippen molar-refractivity contribution in [1.29, 1.82) is 0 Å². The topological polar surface area (TPSA) is 58.9 Å². The molecule has 0 amide bonds. The van der Waals surface area contributed by atoms with Gasteiger partial charge in [0.2, 0.25) is 0 Å². The van der Waals surface area contributed by atoms with E-state index in [1.54, 1.807) is 0 Å². The van der Waals surface area contributed by atoms with Gasteiger partial charge in [-0.15, -0.1) is 0 Å². The van der Waals surface area contributed by atoms with Gasteiger partial charge in [0.1, 0.15) is 6.10 Å². The third kappa shape index (κ3) is 6.41. The van der Waals surface area contributed by atoms with Crippen molar-refractivity contribution in [3.63, 3.8) is 0 Å². The lowest BCUT2D eigenvalue weighted by Gasteiger charge is -2.26. The van der Waals surface area contributed by atoms with E-state index in [-0.39, 0.29) is 26.4 Å². The Morgan fingerprint density at radius 3 is 1.95 bits per heavy atom. The van der Waals surface area contributed by atoms with Gasteiger partial charge in [0, 0.05) is 0 Å². The Balaban J connectivity index is 4.08. The third-order valence-corrected chi connectivity index (χ3v) is 1.95. The summed E-state index contributed by atoms with van der Waals surface area (Å²) in [5.74, 6) is -5.00. The summed E-state index contributed by atoms with van der Waals surface area (Å²) < 4.78 is 82.6. The molecule has 2 unspecified atom stereocenters. The predicted molar refractivity (Wildman–Crippen MR) is 50.6 cm³/mol. The largest absolute Gasteiger partial charge is 0.425 e. The molecule has 0 bridgehead atoms. The van der Waals surface area contributed by atoms with Crippen LogP contribution in [0.1, 0.15) is 0 Å². The second-order valence-corrected chi connectivity index (χ2v) is 3.51. The van der Waals surface area contributed by atoms with Gasteiger partial charge in [-0.2, -0.15) is 22.0 Å². The molecule has 2 atom stereocenters. The van der Waals surface area contributed by atoms with Crippen molar-refractivity contribution in [2.75, 3.05) is 33.0 Å². The second-order valence-electron chi connectivity index (χ2n) is 3.51. The van der Waals surface area contributed by atoms with Gasteiger partial charge < -0.3 is 19.7 Å². The van der Waals surface area contributed by atoms with E-state index in [0.717, 1.165) is 0 Å². The molecule has 0 aromatic rings. The summed E-state index contributed by atoms with van der Waals surface area (Å²) in [7, 11) is 0. The first-order valence-electron chi connectivity index (χ1n) is 5.17. The maximum atomic E-state index is 12.8. The number of ether oxygens (including phenoxy) is 2. The van der Waals surface area contributed by atoms with E-state index in [0.29, 0.717) is 0 Å². The minimum absolute atomic E-state index is 0.0251. The molecule has 0 aromatic carbocycles. The first kappa shape index (κ1) is 18.4. The lowest BCUT2D eigenvalue weighted by molar-refractivity contribution is -0.272. The van der Waals surface area contributed by atoms with Crippen molar-refractivity contribution in [3.05, 3.63) is 0 Å². The zero-order chi connectivity index (χ0) is 15.1. The third-order valence-electron chi connectivity index (χ3n) is 1.95. The van der Waals surface area contributed by atoms with Crippen LogP contribution < -0.4 is 0 Å². The predicted octanol–water partition coefficient (Wildman–Crippen LogP) is 0.908. The molecule has 0 aliphatic heterocycles. The van der Waals surface area contributed by atoms with Crippen molar-refractivity contribution in [1.82, 2.24) is 0 Å². The van der Waals surface area contributed by atoms with Crippen molar-refractivity contribution in [2.45, 2.75) is 24.4 Å². The maximum absolute atomic E-state index is 12.8. The van der Waals surface area contributed by atoms with E-state index in [9.17, 15) is 26.3 Å². The average Bonchev–Trinajstić information content (AvgIpc) is 2.31. The van der Waals surface area contributed by atoms with E-state index in [2.05, 4.69) is 9.47 Å². The molecule has 19 heavy (non-hydrogen) atoms. The van der Waals surface area contributed by atoms with E-state index < -0.39 is 31.0 Å². The lowest BCUT2D eigenvalue weighted by Crippen LogP contribution is -2.51. The Morgan fingerprint density at radius 2 is 1.47 bits per heavy atom. The second kappa shape index (κ2) is 7.88. The van der Waals surface area contributed by atoms with Crippen molar-refractivity contribution in [3.8, 4) is 0 Å². The number of rotatable bonds is 9. The molecule has 0 saturated heterocycles. The molecule has 0 rings (SSSR count). The Kier molecular flexibility index (Phi) is 7.64. The summed E-state index contributed by atoms with van der Waals surface area (Å²) in [5.41, 5.74) is 0. The summed E-state index contributed by atoms with van der Waals surface area (Å²) >= 11 is 0. The molecule has 0 saturated carbocycles. The SMILES string of the molecule is OCCOCCOCC(O)C(F)(F)C(F)C(F)(F)F. The monoisotopic (exact) mass is 300 g/mol. The number of aliphatic hydroxyl groups excluding tert-OH is 2. The van der Waals surface area contributed by atoms with Crippen LogP contribution in [0.4, 0.5) is 26.3 Å². The van der Waals surface area contributed by atoms with Crippen LogP contribution in [-0.4, -0.2) is 67.6 Å². The van der Waals surface area contributed by atoms with Gasteiger partial charge in [-0.3, -0.25) is 0 Å². The molecular weight excluding hydrogens is 286 g/mol. The molecule has 0 fully saturated rings. The highest BCUT2D eigenvalue weighted by molar-refractivity contribution is 4.88. The molecule has 4 nitrogen and oxygen atoms in total. The van der Waals surface area contributed by atoms with Crippen LogP contribution in [-0.2, 0) is 9.47 Å². The van der Waals surface area contributed by atoms with Crippen LogP contribution in [0, 0.1) is 0 Å². The molecule has 0 aromatic heterocycles. The van der Waals surface area contributed by atoms with Crippen LogP contribution in [0.5, 0.6) is 0 Å². The fourth-order valence-electron chi connectivity index (χ4n) is 0.978. The summed E-state index contributed by atoms with van der Waals surface area (Å²) in [6, 6.07) is 0. The van der Waals surface area contributed by atoms with E-state index in [1.807, 2.05) is 0 Å². The number of alkyl halides is 6. The highest BCUT2D eigenvalue weighted by Crippen LogP contribution is 2.37. The van der Waals surface area contributed by atoms with Crippen LogP contribution >= 0.6 is 0 Å². The molecule has 0 heterocycles. The van der Waals surface area contributed by atoms with Crippen LogP contribution in [0.3, 0.4) is 0 Å². The van der Waals surface area contributed by atoms with Gasteiger partial charge in [-0.05, 0) is 0 Å². The number of hydrogen-bond donors (Lipinski definition) is 2. The van der Waals surface area contributed by atoms with Gasteiger partial charge in [0.25, 0.3) is 6.17 Å². The first-order valence-corrected chi connectivity index (χ1v) is 5.17. The Hall–Kier alpha value is -0.580. The normalized spacial score (nSPS) is 16.4. The maximum Gasteiger partial charge on any atom is 0.425 e. The number of aliphatic hydroxyl groups is 2. The molecule has 0 spiro atoms. The van der Waals surface area contributed by atoms with Gasteiger partial charge >= 0.3 is 12.1 Å². The molecular formula is C9H14F6O4. The van der Waals surface area contributed by atoms with Crippen molar-refractivity contribution in [2.24, 2.45) is 0 Å². The number of hydrogen-bond acceptors (Lipinski definition) is 4. The summed E-state index contributed by atoms with van der Waals surface area (Å²) in [4.78, 5) is 0. The van der Waals surface area contributed by atoms with Gasteiger partial charge in [0.15, 0.2) is 0 Å². The van der Waals surface area contributed by atoms with Crippen LogP contribution in [0.25, 0.3) is 0 Å². The first-order chi connectivity index (χ1) is 8.64. The fraction of sp³-hybridized carbons (Fsp3) is 1.00. The highest BCUT2D eigenvalue weighted by atomic mass is 19.4. The van der Waals surface area contributed by atoms with E-state index in [1.165, 1.54) is 0 Å². The van der Waals surface area contributed by atoms with Crippen LogP contribution in [0.2, 0.25) is 0 Å². The standard InChI is InChI=1S/C9H14F6O4/c10-7(9(13,14)15)8(11,12)6(17)5-19-4-3-18-2-1-16/h6-7,16-17H,1-5H2. The van der Waals surface area contributed by atoms with E-state index >= 15 is 0 Å². The van der Waals surface area contributed by atoms with Crippen LogP contribution in [0.15, 0.2) is 0 Å². The number of halogens is 6. The smallest absolute Gasteiger partial charge is 0.394 e. The zero-order valence-corrected chi connectivity index (χ0v) is 9.67. The highest BCUT2D eigenvalue weighted by Gasteiger charge is 2.60. The Bertz CT molecular complexity index is 247. The minimum atomic E-state index is -5.77. The summed E-state index contributed by atoms with van der Waals surface area (Å²) in [6.45, 7) is -1.88. The molecule has 0 radical (unpaired) electrons. The molecule has 0 aliphatic carbocycles. The fourth-order valence-corrected chi connectivity index (χ4v) is 0.978. The quantitative estimate of drug-likeness (QED) is 0.491. The van der Waals surface area contributed by atoms with Crippen molar-refractivity contribution < 1.29 is 46.0 Å². The summed E-state index contributed by atoms with van der Waals surface area (Å²) in [5, 5.41) is 17.1. The molecule has 10 heteroatoms. The molecule has 116 valence electrons. The minimum Gasteiger partial charge on any atom is -0.394 e. The average molecular weight is 300 g/mol. The Labute approximate surface area is 104 Å². The van der Waals surface area contributed by atoms with Gasteiger partial charge in [-0.1, -0.05) is 0 Å².